The van der Waals surface area contributed by atoms with Crippen LogP contribution < -0.4 is 11.1 Å². The first-order chi connectivity index (χ1) is 8.72. The Morgan fingerprint density at radius 1 is 1.61 bits per heavy atom. The number of amides is 1. The average Bonchev–Trinajstić information content (AvgIpc) is 2.98. The second-order valence-corrected chi connectivity index (χ2v) is 4.93. The highest BCUT2D eigenvalue weighted by atomic mass is 16.1. The van der Waals surface area contributed by atoms with E-state index in [9.17, 15) is 4.79 Å². The molecule has 6 nitrogen and oxygen atoms in total. The van der Waals surface area contributed by atoms with Crippen LogP contribution >= 0.6 is 0 Å². The molecule has 0 aromatic carbocycles. The van der Waals surface area contributed by atoms with Gasteiger partial charge in [-0.15, -0.1) is 10.2 Å². The van der Waals surface area contributed by atoms with E-state index < -0.39 is 0 Å². The monoisotopic (exact) mass is 251 g/mol. The summed E-state index contributed by atoms with van der Waals surface area (Å²) < 4.78 is 1.87. The van der Waals surface area contributed by atoms with Crippen molar-refractivity contribution in [3.63, 3.8) is 0 Å². The zero-order chi connectivity index (χ0) is 13.0. The predicted octanol–water partition coefficient (Wildman–Crippen LogP) is -0.151. The smallest absolute Gasteiger partial charge is 0.223 e. The Balaban J connectivity index is 1.76. The van der Waals surface area contributed by atoms with Crippen molar-refractivity contribution in [2.45, 2.75) is 25.7 Å². The summed E-state index contributed by atoms with van der Waals surface area (Å²) in [6.45, 7) is 1.22. The fourth-order valence-corrected chi connectivity index (χ4v) is 2.63. The summed E-state index contributed by atoms with van der Waals surface area (Å²) >= 11 is 0. The molecule has 0 radical (unpaired) electrons. The number of aryl methyl sites for hydroxylation is 1. The van der Waals surface area contributed by atoms with Crippen molar-refractivity contribution in [3.8, 4) is 0 Å². The lowest BCUT2D eigenvalue weighted by Crippen LogP contribution is -2.36. The van der Waals surface area contributed by atoms with E-state index in [0.717, 1.165) is 25.1 Å². The number of carbonyl (C=O) groups excluding carboxylic acids is 1. The highest BCUT2D eigenvalue weighted by Crippen LogP contribution is 2.30. The maximum Gasteiger partial charge on any atom is 0.223 e. The van der Waals surface area contributed by atoms with E-state index in [0.29, 0.717) is 25.4 Å². The van der Waals surface area contributed by atoms with Crippen molar-refractivity contribution in [3.05, 3.63) is 12.2 Å². The van der Waals surface area contributed by atoms with Crippen LogP contribution in [0.4, 0.5) is 0 Å². The van der Waals surface area contributed by atoms with Gasteiger partial charge >= 0.3 is 0 Å². The second-order valence-electron chi connectivity index (χ2n) is 4.93. The molecule has 1 heterocycles. The van der Waals surface area contributed by atoms with E-state index in [1.807, 2.05) is 11.6 Å². The van der Waals surface area contributed by atoms with Gasteiger partial charge in [0.2, 0.25) is 5.91 Å². The minimum atomic E-state index is 0.106. The van der Waals surface area contributed by atoms with Gasteiger partial charge in [0.05, 0.1) is 0 Å². The molecule has 1 fully saturated rings. The van der Waals surface area contributed by atoms with Crippen LogP contribution in [0.15, 0.2) is 6.33 Å². The molecule has 0 saturated heterocycles. The Morgan fingerprint density at radius 2 is 2.44 bits per heavy atom. The van der Waals surface area contributed by atoms with E-state index in [1.54, 1.807) is 6.33 Å². The third-order valence-electron chi connectivity index (χ3n) is 3.75. The SMILES string of the molecule is Cn1cnnc1CCNC(=O)C1CCCC1CN. The Labute approximate surface area is 107 Å². The molecule has 1 aromatic rings. The summed E-state index contributed by atoms with van der Waals surface area (Å²) in [5, 5.41) is 10.8. The molecular formula is C12H21N5O. The van der Waals surface area contributed by atoms with Crippen LogP contribution in [0, 0.1) is 11.8 Å². The lowest BCUT2D eigenvalue weighted by Gasteiger charge is -2.17. The number of hydrogen-bond donors (Lipinski definition) is 2. The first-order valence-electron chi connectivity index (χ1n) is 6.53. The van der Waals surface area contributed by atoms with Crippen molar-refractivity contribution in [1.29, 1.82) is 0 Å². The van der Waals surface area contributed by atoms with Gasteiger partial charge in [0.15, 0.2) is 0 Å². The summed E-state index contributed by atoms with van der Waals surface area (Å²) in [6, 6.07) is 0. The third-order valence-corrected chi connectivity index (χ3v) is 3.75. The normalized spacial score (nSPS) is 23.2. The topological polar surface area (TPSA) is 85.8 Å². The van der Waals surface area contributed by atoms with E-state index in [-0.39, 0.29) is 11.8 Å². The maximum absolute atomic E-state index is 12.0. The standard InChI is InChI=1S/C12H21N5O/c1-17-8-15-16-11(17)5-6-14-12(18)10-4-2-3-9(10)7-13/h8-10H,2-7,13H2,1H3,(H,14,18). The molecule has 18 heavy (non-hydrogen) atoms. The molecule has 0 aliphatic heterocycles. The molecule has 2 unspecified atom stereocenters. The molecule has 1 amide bonds. The van der Waals surface area contributed by atoms with Crippen LogP contribution in [-0.2, 0) is 18.3 Å². The van der Waals surface area contributed by atoms with Crippen molar-refractivity contribution >= 4 is 5.91 Å². The van der Waals surface area contributed by atoms with Crippen LogP contribution in [0.5, 0.6) is 0 Å². The molecule has 0 spiro atoms. The Kier molecular flexibility index (Phi) is 4.30. The summed E-state index contributed by atoms with van der Waals surface area (Å²) in [6.07, 6.45) is 5.54. The molecular weight excluding hydrogens is 230 g/mol. The van der Waals surface area contributed by atoms with E-state index >= 15 is 0 Å². The summed E-state index contributed by atoms with van der Waals surface area (Å²) in [4.78, 5) is 12.0. The van der Waals surface area contributed by atoms with E-state index in [4.69, 9.17) is 5.73 Å². The van der Waals surface area contributed by atoms with Gasteiger partial charge in [-0.3, -0.25) is 4.79 Å². The number of nitrogens with two attached hydrogens (primary N) is 1. The summed E-state index contributed by atoms with van der Waals surface area (Å²) in [5.41, 5.74) is 5.69. The van der Waals surface area contributed by atoms with Crippen molar-refractivity contribution in [2.75, 3.05) is 13.1 Å². The fraction of sp³-hybridized carbons (Fsp3) is 0.750. The first kappa shape index (κ1) is 13.0. The van der Waals surface area contributed by atoms with Crippen LogP contribution in [0.2, 0.25) is 0 Å². The number of aromatic nitrogens is 3. The van der Waals surface area contributed by atoms with Gasteiger partial charge in [-0.1, -0.05) is 6.42 Å². The minimum Gasteiger partial charge on any atom is -0.355 e. The molecule has 1 aliphatic rings. The lowest BCUT2D eigenvalue weighted by atomic mass is 9.95. The highest BCUT2D eigenvalue weighted by molar-refractivity contribution is 5.79. The van der Waals surface area contributed by atoms with Gasteiger partial charge in [0.25, 0.3) is 0 Å². The number of rotatable bonds is 5. The van der Waals surface area contributed by atoms with Crippen molar-refractivity contribution in [1.82, 2.24) is 20.1 Å². The Bertz CT molecular complexity index is 403. The molecule has 1 aliphatic carbocycles. The lowest BCUT2D eigenvalue weighted by molar-refractivity contribution is -0.125. The zero-order valence-corrected chi connectivity index (χ0v) is 10.8. The minimum absolute atomic E-state index is 0.106. The maximum atomic E-state index is 12.0. The number of carbonyl (C=O) groups is 1. The quantitative estimate of drug-likeness (QED) is 0.762. The van der Waals surface area contributed by atoms with Gasteiger partial charge in [-0.05, 0) is 25.3 Å². The average molecular weight is 251 g/mol. The van der Waals surface area contributed by atoms with Gasteiger partial charge in [0.1, 0.15) is 12.2 Å². The molecule has 100 valence electrons. The molecule has 2 atom stereocenters. The molecule has 6 heteroatoms. The molecule has 1 aromatic heterocycles. The van der Waals surface area contributed by atoms with Crippen LogP contribution in [0.3, 0.4) is 0 Å². The number of hydrogen-bond acceptors (Lipinski definition) is 4. The van der Waals surface area contributed by atoms with Gasteiger partial charge in [-0.25, -0.2) is 0 Å². The Morgan fingerprint density at radius 3 is 3.11 bits per heavy atom. The van der Waals surface area contributed by atoms with Gasteiger partial charge < -0.3 is 15.6 Å². The first-order valence-corrected chi connectivity index (χ1v) is 6.53. The number of nitrogens with zero attached hydrogens (tertiary/aromatic N) is 3. The van der Waals surface area contributed by atoms with Crippen LogP contribution in [-0.4, -0.2) is 33.8 Å². The Hall–Kier alpha value is -1.43. The van der Waals surface area contributed by atoms with Gasteiger partial charge in [0, 0.05) is 25.9 Å². The molecule has 1 saturated carbocycles. The zero-order valence-electron chi connectivity index (χ0n) is 10.8. The molecule has 3 N–H and O–H groups in total. The van der Waals surface area contributed by atoms with Gasteiger partial charge in [-0.2, -0.15) is 0 Å². The highest BCUT2D eigenvalue weighted by Gasteiger charge is 2.31. The van der Waals surface area contributed by atoms with Crippen LogP contribution in [0.25, 0.3) is 0 Å². The molecule has 0 bridgehead atoms. The van der Waals surface area contributed by atoms with Crippen LogP contribution in [0.1, 0.15) is 25.1 Å². The number of nitrogens with one attached hydrogen (secondary N) is 1. The van der Waals surface area contributed by atoms with E-state index in [1.165, 1.54) is 0 Å². The largest absolute Gasteiger partial charge is 0.355 e. The summed E-state index contributed by atoms with van der Waals surface area (Å²) in [7, 11) is 1.90. The second kappa shape index (κ2) is 5.95. The van der Waals surface area contributed by atoms with E-state index in [2.05, 4.69) is 15.5 Å². The third kappa shape index (κ3) is 2.87. The van der Waals surface area contributed by atoms with Crippen molar-refractivity contribution < 1.29 is 4.79 Å². The van der Waals surface area contributed by atoms with Crippen molar-refractivity contribution in [2.24, 2.45) is 24.6 Å². The fourth-order valence-electron chi connectivity index (χ4n) is 2.63. The summed E-state index contributed by atoms with van der Waals surface area (Å²) in [5.74, 6) is 1.50. The predicted molar refractivity (Wildman–Crippen MR) is 67.6 cm³/mol. The molecule has 2 rings (SSSR count).